The van der Waals surface area contributed by atoms with E-state index in [1.807, 2.05) is 0 Å². The smallest absolute Gasteiger partial charge is 0.264 e. The van der Waals surface area contributed by atoms with Crippen molar-refractivity contribution >= 4 is 17.5 Å². The third-order valence-electron chi connectivity index (χ3n) is 2.58. The number of hydrogen-bond donors (Lipinski definition) is 2. The van der Waals surface area contributed by atoms with Gasteiger partial charge in [0.2, 0.25) is 0 Å². The fourth-order valence-corrected chi connectivity index (χ4v) is 1.78. The zero-order valence-electron chi connectivity index (χ0n) is 11.6. The van der Waals surface area contributed by atoms with E-state index >= 15 is 0 Å². The lowest BCUT2D eigenvalue weighted by molar-refractivity contribution is 0.151. The molecule has 1 rings (SSSR count). The van der Waals surface area contributed by atoms with Crippen LogP contribution in [-0.2, 0) is 0 Å². The summed E-state index contributed by atoms with van der Waals surface area (Å²) in [5.74, 6) is -0.609. The Labute approximate surface area is 116 Å². The summed E-state index contributed by atoms with van der Waals surface area (Å²) in [6.45, 7) is 3.59. The third-order valence-corrected chi connectivity index (χ3v) is 2.58. The number of halogens is 3. The Kier molecular flexibility index (Phi) is 5.61. The van der Waals surface area contributed by atoms with Crippen LogP contribution in [0.1, 0.15) is 31.4 Å². The molecule has 0 saturated carbocycles. The van der Waals surface area contributed by atoms with Gasteiger partial charge in [0.1, 0.15) is 5.82 Å². The predicted molar refractivity (Wildman–Crippen MR) is 76.7 cm³/mol. The number of nitrogens with zero attached hydrogens (tertiary/aromatic N) is 1. The molecule has 0 radical (unpaired) electrons. The maximum absolute atomic E-state index is 14.0. The Balaban J connectivity index is 3.41. The fraction of sp³-hybridized carbons (Fsp3) is 0.357. The number of allylic oxidation sites excluding steroid dienone is 1. The summed E-state index contributed by atoms with van der Waals surface area (Å²) in [5, 5.41) is 2.79. The first-order chi connectivity index (χ1) is 9.40. The second kappa shape index (κ2) is 6.98. The topological polar surface area (TPSA) is 50.4 Å². The quantitative estimate of drug-likeness (QED) is 0.812. The van der Waals surface area contributed by atoms with Gasteiger partial charge in [-0.05, 0) is 31.5 Å². The van der Waals surface area contributed by atoms with E-state index in [9.17, 15) is 13.2 Å². The van der Waals surface area contributed by atoms with Gasteiger partial charge in [0.25, 0.3) is 6.43 Å². The molecular formula is C14H18F3N3. The van der Waals surface area contributed by atoms with Gasteiger partial charge in [-0.1, -0.05) is 0 Å². The molecule has 20 heavy (non-hydrogen) atoms. The number of aliphatic imine (C=N–C) groups is 1. The lowest BCUT2D eigenvalue weighted by atomic mass is 9.99. The minimum Gasteiger partial charge on any atom is -0.404 e. The van der Waals surface area contributed by atoms with Gasteiger partial charge in [-0.3, -0.25) is 4.99 Å². The average molecular weight is 285 g/mol. The monoisotopic (exact) mass is 285 g/mol. The van der Waals surface area contributed by atoms with E-state index in [0.29, 0.717) is 0 Å². The lowest BCUT2D eigenvalue weighted by Crippen LogP contribution is -2.12. The highest BCUT2D eigenvalue weighted by Gasteiger charge is 2.19. The summed E-state index contributed by atoms with van der Waals surface area (Å²) in [4.78, 5) is 3.73. The van der Waals surface area contributed by atoms with Crippen molar-refractivity contribution in [3.63, 3.8) is 0 Å². The number of hydrogen-bond acceptors (Lipinski definition) is 3. The highest BCUT2D eigenvalue weighted by molar-refractivity contribution is 6.10. The number of rotatable bonds is 5. The van der Waals surface area contributed by atoms with Gasteiger partial charge in [0.15, 0.2) is 0 Å². The van der Waals surface area contributed by atoms with Crippen LogP contribution in [0.4, 0.5) is 18.9 Å². The van der Waals surface area contributed by atoms with Crippen molar-refractivity contribution in [1.82, 2.24) is 0 Å². The number of nitrogens with one attached hydrogen (secondary N) is 1. The molecule has 0 atom stereocenters. The zero-order chi connectivity index (χ0) is 15.3. The van der Waals surface area contributed by atoms with E-state index in [0.717, 1.165) is 18.3 Å². The summed E-state index contributed by atoms with van der Waals surface area (Å²) in [6.07, 6.45) is -0.294. The van der Waals surface area contributed by atoms with Crippen molar-refractivity contribution in [3.8, 4) is 0 Å². The molecule has 0 aliphatic carbocycles. The molecule has 0 fully saturated rings. The minimum atomic E-state index is -2.74. The molecule has 0 amide bonds. The Morgan fingerprint density at radius 3 is 2.45 bits per heavy atom. The molecular weight excluding hydrogens is 267 g/mol. The first-order valence-electron chi connectivity index (χ1n) is 6.13. The van der Waals surface area contributed by atoms with Crippen molar-refractivity contribution < 1.29 is 13.2 Å². The van der Waals surface area contributed by atoms with Crippen LogP contribution >= 0.6 is 0 Å². The van der Waals surface area contributed by atoms with E-state index < -0.39 is 12.2 Å². The Morgan fingerprint density at radius 2 is 2.00 bits per heavy atom. The van der Waals surface area contributed by atoms with Gasteiger partial charge < -0.3 is 11.1 Å². The van der Waals surface area contributed by atoms with Gasteiger partial charge in [-0.2, -0.15) is 0 Å². The standard InChI is InChI=1S/C14H18F3N3/c1-8(2)20-13-5-11(14(16)17)10(4-12(13)15)9(6-18)7-19-3/h4-8,14,20H,18H2,1-3H3/b9-6+,19-7?. The first-order valence-corrected chi connectivity index (χ1v) is 6.13. The number of benzene rings is 1. The van der Waals surface area contributed by atoms with Crippen molar-refractivity contribution in [1.29, 1.82) is 0 Å². The first kappa shape index (κ1) is 16.1. The SMILES string of the molecule is CN=C/C(=C\N)c1cc(F)c(NC(C)C)cc1C(F)F. The van der Waals surface area contributed by atoms with E-state index in [2.05, 4.69) is 10.3 Å². The molecule has 0 aliphatic rings. The molecule has 6 heteroatoms. The van der Waals surface area contributed by atoms with Crippen LogP contribution in [0.25, 0.3) is 5.57 Å². The van der Waals surface area contributed by atoms with Gasteiger partial charge in [0.05, 0.1) is 5.69 Å². The number of nitrogens with two attached hydrogens (primary N) is 1. The summed E-state index contributed by atoms with van der Waals surface area (Å²) in [7, 11) is 1.48. The summed E-state index contributed by atoms with van der Waals surface area (Å²) in [6, 6.07) is 2.09. The van der Waals surface area contributed by atoms with Gasteiger partial charge in [-0.25, -0.2) is 13.2 Å². The van der Waals surface area contributed by atoms with Crippen molar-refractivity contribution in [2.24, 2.45) is 10.7 Å². The molecule has 1 aromatic carbocycles. The highest BCUT2D eigenvalue weighted by Crippen LogP contribution is 2.32. The van der Waals surface area contributed by atoms with Crippen LogP contribution in [0.5, 0.6) is 0 Å². The van der Waals surface area contributed by atoms with E-state index in [1.54, 1.807) is 13.8 Å². The average Bonchev–Trinajstić information content (AvgIpc) is 2.37. The molecule has 0 heterocycles. The normalized spacial score (nSPS) is 12.7. The Hall–Kier alpha value is -1.98. The van der Waals surface area contributed by atoms with Crippen LogP contribution in [0, 0.1) is 5.82 Å². The van der Waals surface area contributed by atoms with E-state index in [-0.39, 0.29) is 28.4 Å². The molecule has 0 spiro atoms. The van der Waals surface area contributed by atoms with Gasteiger partial charge >= 0.3 is 0 Å². The molecule has 3 nitrogen and oxygen atoms in total. The zero-order valence-corrected chi connectivity index (χ0v) is 11.6. The number of anilines is 1. The van der Waals surface area contributed by atoms with Crippen LogP contribution in [0.3, 0.4) is 0 Å². The molecule has 3 N–H and O–H groups in total. The minimum absolute atomic E-state index is 0.0416. The van der Waals surface area contributed by atoms with Gasteiger partial charge in [0, 0.05) is 36.6 Å². The summed E-state index contributed by atoms with van der Waals surface area (Å²) >= 11 is 0. The third kappa shape index (κ3) is 3.76. The number of alkyl halides is 2. The lowest BCUT2D eigenvalue weighted by Gasteiger charge is -2.16. The molecule has 0 aromatic heterocycles. The fourth-order valence-electron chi connectivity index (χ4n) is 1.78. The Bertz CT molecular complexity index is 523. The predicted octanol–water partition coefficient (Wildman–Crippen LogP) is 3.58. The maximum atomic E-state index is 14.0. The molecule has 0 aliphatic heterocycles. The maximum Gasteiger partial charge on any atom is 0.264 e. The largest absolute Gasteiger partial charge is 0.404 e. The van der Waals surface area contributed by atoms with Gasteiger partial charge in [-0.15, -0.1) is 0 Å². The van der Waals surface area contributed by atoms with Crippen LogP contribution in [0.2, 0.25) is 0 Å². The summed E-state index contributed by atoms with van der Waals surface area (Å²) < 4.78 is 40.3. The van der Waals surface area contributed by atoms with Crippen molar-refractivity contribution in [2.75, 3.05) is 12.4 Å². The van der Waals surface area contributed by atoms with Crippen LogP contribution < -0.4 is 11.1 Å². The second-order valence-corrected chi connectivity index (χ2v) is 4.53. The highest BCUT2D eigenvalue weighted by atomic mass is 19.3. The van der Waals surface area contributed by atoms with Crippen LogP contribution in [-0.4, -0.2) is 19.3 Å². The molecule has 0 saturated heterocycles. The molecule has 0 bridgehead atoms. The molecule has 0 unspecified atom stereocenters. The molecule has 1 aromatic rings. The second-order valence-electron chi connectivity index (χ2n) is 4.53. The van der Waals surface area contributed by atoms with E-state index in [1.165, 1.54) is 13.3 Å². The van der Waals surface area contributed by atoms with E-state index in [4.69, 9.17) is 5.73 Å². The summed E-state index contributed by atoms with van der Waals surface area (Å²) in [5.41, 5.74) is 5.44. The molecule has 110 valence electrons. The Morgan fingerprint density at radius 1 is 1.35 bits per heavy atom. The van der Waals surface area contributed by atoms with Crippen molar-refractivity contribution in [3.05, 3.63) is 35.3 Å². The van der Waals surface area contributed by atoms with Crippen LogP contribution in [0.15, 0.2) is 23.3 Å². The van der Waals surface area contributed by atoms with Crippen molar-refractivity contribution in [2.45, 2.75) is 26.3 Å².